The van der Waals surface area contributed by atoms with Crippen molar-refractivity contribution in [2.45, 2.75) is 39.0 Å². The van der Waals surface area contributed by atoms with E-state index in [0.29, 0.717) is 12.5 Å². The highest BCUT2D eigenvalue weighted by Gasteiger charge is 2.27. The Hall–Kier alpha value is -1.35. The summed E-state index contributed by atoms with van der Waals surface area (Å²) in [5.41, 5.74) is 8.35. The highest BCUT2D eigenvalue weighted by atomic mass is 16.2. The molecule has 1 atom stereocenters. The Labute approximate surface area is 122 Å². The molecule has 1 aliphatic rings. The van der Waals surface area contributed by atoms with Crippen molar-refractivity contribution >= 4 is 5.91 Å². The molecule has 110 valence electrons. The maximum Gasteiger partial charge on any atom is 0.226 e. The summed E-state index contributed by atoms with van der Waals surface area (Å²) in [4.78, 5) is 14.7. The number of benzene rings is 1. The Bertz CT molecular complexity index is 444. The van der Waals surface area contributed by atoms with Gasteiger partial charge in [0.25, 0.3) is 0 Å². The maximum atomic E-state index is 12.7. The number of amides is 1. The Morgan fingerprint density at radius 3 is 2.75 bits per heavy atom. The minimum absolute atomic E-state index is 0.161. The Morgan fingerprint density at radius 1 is 1.30 bits per heavy atom. The Balaban J connectivity index is 2.01. The lowest BCUT2D eigenvalue weighted by Crippen LogP contribution is -2.40. The van der Waals surface area contributed by atoms with Crippen LogP contribution < -0.4 is 5.73 Å². The second-order valence-electron chi connectivity index (χ2n) is 5.68. The predicted octanol–water partition coefficient (Wildman–Crippen LogP) is 2.38. The van der Waals surface area contributed by atoms with Crippen LogP contribution in [0.25, 0.3) is 0 Å². The van der Waals surface area contributed by atoms with Crippen molar-refractivity contribution in [1.82, 2.24) is 4.90 Å². The molecule has 3 heteroatoms. The molecule has 20 heavy (non-hydrogen) atoms. The van der Waals surface area contributed by atoms with E-state index in [1.165, 1.54) is 11.1 Å². The lowest BCUT2D eigenvalue weighted by Gasteiger charge is -2.30. The van der Waals surface area contributed by atoms with Gasteiger partial charge in [-0.25, -0.2) is 0 Å². The molecule has 0 saturated carbocycles. The largest absolute Gasteiger partial charge is 0.342 e. The second kappa shape index (κ2) is 7.44. The fraction of sp³-hybridized carbons (Fsp3) is 0.588. The molecule has 1 aliphatic carbocycles. The zero-order valence-electron chi connectivity index (χ0n) is 12.5. The smallest absolute Gasteiger partial charge is 0.226 e. The van der Waals surface area contributed by atoms with E-state index in [-0.39, 0.29) is 5.92 Å². The summed E-state index contributed by atoms with van der Waals surface area (Å²) in [5.74, 6) is 0.490. The fourth-order valence-corrected chi connectivity index (χ4v) is 3.05. The zero-order valence-corrected chi connectivity index (χ0v) is 12.5. The first-order valence-corrected chi connectivity index (χ1v) is 7.82. The third-order valence-corrected chi connectivity index (χ3v) is 4.13. The van der Waals surface area contributed by atoms with Crippen LogP contribution in [0, 0.1) is 5.92 Å². The predicted molar refractivity (Wildman–Crippen MR) is 82.5 cm³/mol. The first kappa shape index (κ1) is 15.0. The van der Waals surface area contributed by atoms with Crippen LogP contribution in [0.2, 0.25) is 0 Å². The van der Waals surface area contributed by atoms with Gasteiger partial charge in [-0.05, 0) is 49.8 Å². The van der Waals surface area contributed by atoms with Crippen LogP contribution in [-0.4, -0.2) is 30.4 Å². The van der Waals surface area contributed by atoms with Gasteiger partial charge in [-0.3, -0.25) is 4.79 Å². The zero-order chi connectivity index (χ0) is 14.4. The Kier molecular flexibility index (Phi) is 5.60. The summed E-state index contributed by atoms with van der Waals surface area (Å²) >= 11 is 0. The summed E-state index contributed by atoms with van der Waals surface area (Å²) in [7, 11) is 0. The van der Waals surface area contributed by atoms with E-state index in [1.54, 1.807) is 0 Å². The molecule has 1 aromatic rings. The van der Waals surface area contributed by atoms with Crippen molar-refractivity contribution < 1.29 is 4.79 Å². The molecule has 0 saturated heterocycles. The highest BCUT2D eigenvalue weighted by molar-refractivity contribution is 5.79. The molecule has 0 heterocycles. The van der Waals surface area contributed by atoms with Crippen molar-refractivity contribution in [3.8, 4) is 0 Å². The van der Waals surface area contributed by atoms with Crippen molar-refractivity contribution in [3.05, 3.63) is 35.4 Å². The average molecular weight is 274 g/mol. The number of nitrogens with two attached hydrogens (primary N) is 1. The molecule has 0 radical (unpaired) electrons. The molecular weight excluding hydrogens is 248 g/mol. The van der Waals surface area contributed by atoms with Gasteiger partial charge in [0.05, 0.1) is 0 Å². The minimum atomic E-state index is 0.161. The van der Waals surface area contributed by atoms with Crippen LogP contribution in [0.15, 0.2) is 24.3 Å². The third kappa shape index (κ3) is 3.60. The molecule has 2 rings (SSSR count). The second-order valence-corrected chi connectivity index (χ2v) is 5.68. The topological polar surface area (TPSA) is 46.3 Å². The van der Waals surface area contributed by atoms with E-state index < -0.39 is 0 Å². The van der Waals surface area contributed by atoms with Gasteiger partial charge < -0.3 is 10.6 Å². The highest BCUT2D eigenvalue weighted by Crippen LogP contribution is 2.26. The normalized spacial score (nSPS) is 17.6. The first-order valence-electron chi connectivity index (χ1n) is 7.82. The van der Waals surface area contributed by atoms with Gasteiger partial charge in [0.2, 0.25) is 5.91 Å². The number of nitrogens with zero attached hydrogens (tertiary/aromatic N) is 1. The van der Waals surface area contributed by atoms with Crippen LogP contribution >= 0.6 is 0 Å². The fourth-order valence-electron chi connectivity index (χ4n) is 3.05. The van der Waals surface area contributed by atoms with E-state index >= 15 is 0 Å². The van der Waals surface area contributed by atoms with E-state index in [0.717, 1.165) is 45.2 Å². The molecule has 0 spiro atoms. The number of fused-ring (bicyclic) bond motifs is 1. The number of hydrogen-bond acceptors (Lipinski definition) is 2. The van der Waals surface area contributed by atoms with Gasteiger partial charge in [0.15, 0.2) is 0 Å². The lowest BCUT2D eigenvalue weighted by molar-refractivity contribution is -0.136. The number of carbonyl (C=O) groups is 1. The average Bonchev–Trinajstić information content (AvgIpc) is 2.50. The number of hydrogen-bond donors (Lipinski definition) is 1. The summed E-state index contributed by atoms with van der Waals surface area (Å²) in [5, 5.41) is 0. The van der Waals surface area contributed by atoms with Gasteiger partial charge in [-0.2, -0.15) is 0 Å². The van der Waals surface area contributed by atoms with Crippen LogP contribution in [0.4, 0.5) is 0 Å². The molecule has 3 nitrogen and oxygen atoms in total. The Morgan fingerprint density at radius 2 is 2.05 bits per heavy atom. The van der Waals surface area contributed by atoms with Crippen LogP contribution in [0.5, 0.6) is 0 Å². The van der Waals surface area contributed by atoms with Crippen molar-refractivity contribution in [2.75, 3.05) is 19.6 Å². The van der Waals surface area contributed by atoms with Crippen molar-refractivity contribution in [2.24, 2.45) is 11.7 Å². The molecule has 0 bridgehead atoms. The standard InChI is InChI=1S/C17H26N2O/c1-2-11-19(12-5-10-18)17(20)16-9-8-14-6-3-4-7-15(14)13-16/h3-4,6-7,16H,2,5,8-13,18H2,1H3. The van der Waals surface area contributed by atoms with Gasteiger partial charge in [0, 0.05) is 19.0 Å². The summed E-state index contributed by atoms with van der Waals surface area (Å²) in [6, 6.07) is 8.52. The SMILES string of the molecule is CCCN(CCCN)C(=O)C1CCc2ccccc2C1. The third-order valence-electron chi connectivity index (χ3n) is 4.13. The van der Waals surface area contributed by atoms with E-state index in [2.05, 4.69) is 31.2 Å². The molecule has 1 unspecified atom stereocenters. The quantitative estimate of drug-likeness (QED) is 0.865. The summed E-state index contributed by atoms with van der Waals surface area (Å²) in [6.45, 7) is 4.44. The monoisotopic (exact) mass is 274 g/mol. The molecular formula is C17H26N2O. The lowest BCUT2D eigenvalue weighted by atomic mass is 9.83. The van der Waals surface area contributed by atoms with E-state index in [4.69, 9.17) is 5.73 Å². The van der Waals surface area contributed by atoms with Crippen LogP contribution in [0.3, 0.4) is 0 Å². The van der Waals surface area contributed by atoms with Crippen molar-refractivity contribution in [3.63, 3.8) is 0 Å². The summed E-state index contributed by atoms with van der Waals surface area (Å²) < 4.78 is 0. The van der Waals surface area contributed by atoms with Gasteiger partial charge in [-0.1, -0.05) is 31.2 Å². The minimum Gasteiger partial charge on any atom is -0.342 e. The van der Waals surface area contributed by atoms with E-state index in [1.807, 2.05) is 4.90 Å². The van der Waals surface area contributed by atoms with E-state index in [9.17, 15) is 4.79 Å². The van der Waals surface area contributed by atoms with Gasteiger partial charge in [0.1, 0.15) is 0 Å². The summed E-state index contributed by atoms with van der Waals surface area (Å²) in [6.07, 6.45) is 4.83. The molecule has 1 aromatic carbocycles. The molecule has 0 fully saturated rings. The van der Waals surface area contributed by atoms with Crippen LogP contribution in [-0.2, 0) is 17.6 Å². The molecule has 2 N–H and O–H groups in total. The molecule has 0 aliphatic heterocycles. The van der Waals surface area contributed by atoms with Crippen molar-refractivity contribution in [1.29, 1.82) is 0 Å². The van der Waals surface area contributed by atoms with Crippen LogP contribution in [0.1, 0.15) is 37.3 Å². The van der Waals surface area contributed by atoms with Gasteiger partial charge >= 0.3 is 0 Å². The number of carbonyl (C=O) groups excluding carboxylic acids is 1. The van der Waals surface area contributed by atoms with Gasteiger partial charge in [-0.15, -0.1) is 0 Å². The first-order chi connectivity index (χ1) is 9.76. The maximum absolute atomic E-state index is 12.7. The molecule has 0 aromatic heterocycles. The number of aryl methyl sites for hydroxylation is 1. The molecule has 1 amide bonds. The number of rotatable bonds is 6.